The number of halogens is 1. The first-order valence-corrected chi connectivity index (χ1v) is 12.5. The van der Waals surface area contributed by atoms with Gasteiger partial charge in [0.05, 0.1) is 29.7 Å². The zero-order chi connectivity index (χ0) is 23.0. The molecular weight excluding hydrogens is 466 g/mol. The highest BCUT2D eigenvalue weighted by Crippen LogP contribution is 2.42. The van der Waals surface area contributed by atoms with E-state index < -0.39 is 27.4 Å². The molecule has 1 aromatic carbocycles. The maximum atomic E-state index is 12.4. The highest BCUT2D eigenvalue weighted by Gasteiger charge is 2.49. The molecular formula is C19H24ClN3O6S2. The van der Waals surface area contributed by atoms with Crippen molar-refractivity contribution in [3.8, 4) is 5.75 Å². The van der Waals surface area contributed by atoms with Crippen LogP contribution in [0.1, 0.15) is 20.8 Å². The maximum absolute atomic E-state index is 12.4. The first-order chi connectivity index (χ1) is 14.4. The fourth-order valence-corrected chi connectivity index (χ4v) is 7.46. The number of ether oxygens (including phenoxy) is 2. The summed E-state index contributed by atoms with van der Waals surface area (Å²) in [5.74, 6) is -0.145. The smallest absolute Gasteiger partial charge is 0.408 e. The Labute approximate surface area is 190 Å². The number of benzene rings is 1. The molecule has 3 rings (SSSR count). The summed E-state index contributed by atoms with van der Waals surface area (Å²) < 4.78 is 34.6. The minimum atomic E-state index is -3.19. The quantitative estimate of drug-likeness (QED) is 0.686. The number of carbonyl (C=O) groups is 2. The Balaban J connectivity index is 1.82. The van der Waals surface area contributed by atoms with Gasteiger partial charge in [-0.2, -0.15) is 4.99 Å². The van der Waals surface area contributed by atoms with Gasteiger partial charge in [0.25, 0.3) is 5.91 Å². The fourth-order valence-electron chi connectivity index (χ4n) is 3.28. The molecule has 2 atom stereocenters. The molecule has 0 aromatic heterocycles. The molecule has 31 heavy (non-hydrogen) atoms. The van der Waals surface area contributed by atoms with E-state index in [0.29, 0.717) is 21.6 Å². The highest BCUT2D eigenvalue weighted by molar-refractivity contribution is 8.16. The van der Waals surface area contributed by atoms with E-state index in [1.165, 1.54) is 18.9 Å². The van der Waals surface area contributed by atoms with Crippen LogP contribution < -0.4 is 15.0 Å². The molecule has 2 heterocycles. The average Bonchev–Trinajstić information content (AvgIpc) is 3.09. The number of anilines is 1. The number of carbonyl (C=O) groups excluding carboxylic acids is 2. The molecule has 1 N–H and O–H groups in total. The van der Waals surface area contributed by atoms with Gasteiger partial charge in [-0.3, -0.25) is 4.79 Å². The number of amides is 2. The third-order valence-electron chi connectivity index (χ3n) is 4.48. The molecule has 0 radical (unpaired) electrons. The molecule has 9 nitrogen and oxygen atoms in total. The first-order valence-electron chi connectivity index (χ1n) is 9.47. The van der Waals surface area contributed by atoms with E-state index in [-0.39, 0.29) is 29.3 Å². The van der Waals surface area contributed by atoms with Gasteiger partial charge in [-0.15, -0.1) is 0 Å². The number of sulfone groups is 1. The van der Waals surface area contributed by atoms with Gasteiger partial charge in [-0.05, 0) is 39.0 Å². The van der Waals surface area contributed by atoms with Crippen LogP contribution in [0.2, 0.25) is 5.02 Å². The molecule has 2 amide bonds. The fraction of sp³-hybridized carbons (Fsp3) is 0.526. The van der Waals surface area contributed by atoms with Gasteiger partial charge >= 0.3 is 6.09 Å². The number of rotatable bonds is 4. The minimum Gasteiger partial charge on any atom is -0.495 e. The van der Waals surface area contributed by atoms with E-state index in [4.69, 9.17) is 21.1 Å². The van der Waals surface area contributed by atoms with Crippen molar-refractivity contribution < 1.29 is 27.5 Å². The molecule has 0 spiro atoms. The van der Waals surface area contributed by atoms with Gasteiger partial charge in [0.2, 0.25) is 0 Å². The van der Waals surface area contributed by atoms with E-state index in [1.807, 2.05) is 0 Å². The number of thioether (sulfide) groups is 1. The van der Waals surface area contributed by atoms with Crippen LogP contribution in [0.4, 0.5) is 10.5 Å². The van der Waals surface area contributed by atoms with Crippen LogP contribution in [0.25, 0.3) is 0 Å². The molecule has 12 heteroatoms. The summed E-state index contributed by atoms with van der Waals surface area (Å²) in [7, 11) is -1.70. The van der Waals surface area contributed by atoms with E-state index in [9.17, 15) is 18.0 Å². The van der Waals surface area contributed by atoms with E-state index >= 15 is 0 Å². The lowest BCUT2D eigenvalue weighted by Gasteiger charge is -2.25. The lowest BCUT2D eigenvalue weighted by atomic mass is 10.2. The number of hydrogen-bond donors (Lipinski definition) is 1. The van der Waals surface area contributed by atoms with Crippen molar-refractivity contribution in [2.75, 3.05) is 30.1 Å². The Morgan fingerprint density at radius 3 is 2.65 bits per heavy atom. The standard InChI is InChI=1S/C19H24ClN3O6S2/c1-19(2,3)29-18(25)21-8-16(24)22-17-23(11-5-6-14(28-4)12(20)7-11)13-9-31(26,27)10-15(13)30-17/h5-7,13,15H,8-10H2,1-4H3,(H,21,25)/t13-,15+/m0/s1. The second kappa shape index (κ2) is 8.87. The number of methoxy groups -OCH3 is 1. The van der Waals surface area contributed by atoms with Crippen LogP contribution in [-0.2, 0) is 19.4 Å². The van der Waals surface area contributed by atoms with Crippen LogP contribution >= 0.6 is 23.4 Å². The van der Waals surface area contributed by atoms with Crippen molar-refractivity contribution in [2.45, 2.75) is 37.7 Å². The Bertz CT molecular complexity index is 1020. The number of nitrogens with zero attached hydrogens (tertiary/aromatic N) is 2. The lowest BCUT2D eigenvalue weighted by Crippen LogP contribution is -2.38. The zero-order valence-electron chi connectivity index (χ0n) is 17.5. The van der Waals surface area contributed by atoms with Gasteiger partial charge < -0.3 is 19.7 Å². The van der Waals surface area contributed by atoms with Crippen molar-refractivity contribution in [1.29, 1.82) is 0 Å². The molecule has 2 aliphatic rings. The molecule has 170 valence electrons. The lowest BCUT2D eigenvalue weighted by molar-refractivity contribution is -0.117. The molecule has 2 saturated heterocycles. The molecule has 0 saturated carbocycles. The predicted octanol–water partition coefficient (Wildman–Crippen LogP) is 2.47. The van der Waals surface area contributed by atoms with Crippen molar-refractivity contribution in [3.63, 3.8) is 0 Å². The Morgan fingerprint density at radius 1 is 1.32 bits per heavy atom. The summed E-state index contributed by atoms with van der Waals surface area (Å²) in [6.07, 6.45) is -0.720. The predicted molar refractivity (Wildman–Crippen MR) is 121 cm³/mol. The molecule has 0 aliphatic carbocycles. The number of nitrogens with one attached hydrogen (secondary N) is 1. The summed E-state index contributed by atoms with van der Waals surface area (Å²) in [5, 5.41) is 2.84. The third-order valence-corrected chi connectivity index (χ3v) is 7.99. The highest BCUT2D eigenvalue weighted by atomic mass is 35.5. The first kappa shape index (κ1) is 23.7. The Morgan fingerprint density at radius 2 is 2.03 bits per heavy atom. The number of aliphatic imine (C=N–C) groups is 1. The van der Waals surface area contributed by atoms with Crippen molar-refractivity contribution in [2.24, 2.45) is 4.99 Å². The van der Waals surface area contributed by atoms with Gasteiger partial charge in [0, 0.05) is 10.9 Å². The normalized spacial score (nSPS) is 23.5. The van der Waals surface area contributed by atoms with Crippen molar-refractivity contribution in [1.82, 2.24) is 5.32 Å². The van der Waals surface area contributed by atoms with E-state index in [0.717, 1.165) is 0 Å². The monoisotopic (exact) mass is 489 g/mol. The van der Waals surface area contributed by atoms with E-state index in [1.54, 1.807) is 43.9 Å². The molecule has 1 aromatic rings. The van der Waals surface area contributed by atoms with Crippen LogP contribution in [0.15, 0.2) is 23.2 Å². The second-order valence-electron chi connectivity index (χ2n) is 8.13. The molecule has 0 unspecified atom stereocenters. The Kier molecular flexibility index (Phi) is 6.78. The topological polar surface area (TPSA) is 114 Å². The number of alkyl carbamates (subject to hydrolysis) is 1. The van der Waals surface area contributed by atoms with Crippen molar-refractivity contribution >= 4 is 56.1 Å². The SMILES string of the molecule is COc1ccc(N2C(=NC(=O)CNC(=O)OC(C)(C)C)S[C@@H]3CS(=O)(=O)C[C@@H]32)cc1Cl. The number of amidine groups is 1. The summed E-state index contributed by atoms with van der Waals surface area (Å²) >= 11 is 7.49. The van der Waals surface area contributed by atoms with Crippen LogP contribution in [0.3, 0.4) is 0 Å². The van der Waals surface area contributed by atoms with Gasteiger partial charge in [0.1, 0.15) is 17.9 Å². The maximum Gasteiger partial charge on any atom is 0.408 e. The van der Waals surface area contributed by atoms with E-state index in [2.05, 4.69) is 10.3 Å². The summed E-state index contributed by atoms with van der Waals surface area (Å²) in [4.78, 5) is 30.0. The second-order valence-corrected chi connectivity index (χ2v) is 11.9. The van der Waals surface area contributed by atoms with Crippen LogP contribution in [0, 0.1) is 0 Å². The third kappa shape index (κ3) is 5.83. The van der Waals surface area contributed by atoms with Crippen molar-refractivity contribution in [3.05, 3.63) is 23.2 Å². The van der Waals surface area contributed by atoms with Crippen LogP contribution in [-0.4, -0.2) is 67.6 Å². The minimum absolute atomic E-state index is 0.00604. The van der Waals surface area contributed by atoms with Gasteiger partial charge in [0.15, 0.2) is 15.0 Å². The number of fused-ring (bicyclic) bond motifs is 1. The van der Waals surface area contributed by atoms with Gasteiger partial charge in [-0.1, -0.05) is 23.4 Å². The van der Waals surface area contributed by atoms with Crippen LogP contribution in [0.5, 0.6) is 5.75 Å². The summed E-state index contributed by atoms with van der Waals surface area (Å²) in [5.41, 5.74) is -0.0807. The Hall–Kier alpha value is -1.98. The number of hydrogen-bond acceptors (Lipinski definition) is 7. The van der Waals surface area contributed by atoms with Gasteiger partial charge in [-0.25, -0.2) is 13.2 Å². The molecule has 2 fully saturated rings. The molecule has 0 bridgehead atoms. The largest absolute Gasteiger partial charge is 0.495 e. The summed E-state index contributed by atoms with van der Waals surface area (Å²) in [6, 6.07) is 4.68. The summed E-state index contributed by atoms with van der Waals surface area (Å²) in [6.45, 7) is 4.81. The zero-order valence-corrected chi connectivity index (χ0v) is 19.9. The molecule has 2 aliphatic heterocycles. The average molecular weight is 490 g/mol.